The molecule has 1 unspecified atom stereocenters. The van der Waals surface area contributed by atoms with Gasteiger partial charge in [0, 0.05) is 18.3 Å². The monoisotopic (exact) mass is 237 g/mol. The highest BCUT2D eigenvalue weighted by Crippen LogP contribution is 2.35. The maximum Gasteiger partial charge on any atom is 0.0235 e. The summed E-state index contributed by atoms with van der Waals surface area (Å²) in [5, 5.41) is 0. The Morgan fingerprint density at radius 3 is 2.88 bits per heavy atom. The van der Waals surface area contributed by atoms with Gasteiger partial charge >= 0.3 is 0 Å². The molecule has 0 fully saturated rings. The third kappa shape index (κ3) is 2.58. The summed E-state index contributed by atoms with van der Waals surface area (Å²) in [4.78, 5) is 2.52. The van der Waals surface area contributed by atoms with Gasteiger partial charge in [0.05, 0.1) is 0 Å². The summed E-state index contributed by atoms with van der Waals surface area (Å²) in [6.07, 6.45) is 2.36. The van der Waals surface area contributed by atoms with Gasteiger partial charge in [-0.1, -0.05) is 31.2 Å². The van der Waals surface area contributed by atoms with Crippen LogP contribution in [-0.2, 0) is 6.42 Å². The molecule has 0 spiro atoms. The first-order valence-electron chi connectivity index (χ1n) is 6.21. The second-order valence-corrected chi connectivity index (χ2v) is 4.91. The van der Waals surface area contributed by atoms with Crippen LogP contribution in [0.1, 0.15) is 30.4 Å². The third-order valence-electron chi connectivity index (χ3n) is 3.50. The summed E-state index contributed by atoms with van der Waals surface area (Å²) < 4.78 is 0. The highest BCUT2D eigenvalue weighted by molar-refractivity contribution is 6.17. The predicted molar refractivity (Wildman–Crippen MR) is 70.3 cm³/mol. The summed E-state index contributed by atoms with van der Waals surface area (Å²) in [5.41, 5.74) is 3.10. The second kappa shape index (κ2) is 5.70. The molecule has 1 atom stereocenters. The van der Waals surface area contributed by atoms with E-state index in [1.807, 2.05) is 0 Å². The quantitative estimate of drug-likeness (QED) is 0.687. The number of benzene rings is 1. The fourth-order valence-corrected chi connectivity index (χ4v) is 2.62. The number of nitrogens with zero attached hydrogens (tertiary/aromatic N) is 1. The molecule has 88 valence electrons. The van der Waals surface area contributed by atoms with Gasteiger partial charge in [0.1, 0.15) is 0 Å². The Hall–Kier alpha value is -0.530. The summed E-state index contributed by atoms with van der Waals surface area (Å²) in [5.74, 6) is 1.53. The molecule has 0 radical (unpaired) electrons. The molecule has 1 nitrogen and oxygen atoms in total. The Kier molecular flexibility index (Phi) is 4.25. The van der Waals surface area contributed by atoms with Gasteiger partial charge in [-0.3, -0.25) is 0 Å². The number of rotatable bonds is 6. The Morgan fingerprint density at radius 1 is 1.38 bits per heavy atom. The molecule has 0 heterocycles. The van der Waals surface area contributed by atoms with Crippen molar-refractivity contribution in [2.24, 2.45) is 0 Å². The molecule has 1 aromatic rings. The van der Waals surface area contributed by atoms with Crippen molar-refractivity contribution in [1.29, 1.82) is 0 Å². The predicted octanol–water partition coefficient (Wildman–Crippen LogP) is 3.28. The van der Waals surface area contributed by atoms with E-state index in [4.69, 9.17) is 11.6 Å². The van der Waals surface area contributed by atoms with Crippen molar-refractivity contribution in [3.8, 4) is 0 Å². The van der Waals surface area contributed by atoms with Gasteiger partial charge in [-0.25, -0.2) is 0 Å². The first-order valence-corrected chi connectivity index (χ1v) is 6.74. The lowest BCUT2D eigenvalue weighted by atomic mass is 9.77. The van der Waals surface area contributed by atoms with Gasteiger partial charge in [-0.2, -0.15) is 0 Å². The lowest BCUT2D eigenvalue weighted by Gasteiger charge is -2.34. The molecular formula is C14H20ClN. The van der Waals surface area contributed by atoms with E-state index in [-0.39, 0.29) is 0 Å². The van der Waals surface area contributed by atoms with Crippen molar-refractivity contribution in [2.75, 3.05) is 25.5 Å². The van der Waals surface area contributed by atoms with E-state index >= 15 is 0 Å². The van der Waals surface area contributed by atoms with Crippen LogP contribution in [0.3, 0.4) is 0 Å². The van der Waals surface area contributed by atoms with Gasteiger partial charge in [0.2, 0.25) is 0 Å². The third-order valence-corrected chi connectivity index (χ3v) is 3.76. The molecule has 0 saturated carbocycles. The molecule has 2 rings (SSSR count). The number of alkyl halides is 1. The van der Waals surface area contributed by atoms with E-state index < -0.39 is 0 Å². The van der Waals surface area contributed by atoms with Crippen LogP contribution in [0, 0.1) is 0 Å². The van der Waals surface area contributed by atoms with Crippen LogP contribution in [-0.4, -0.2) is 30.4 Å². The average molecular weight is 238 g/mol. The van der Waals surface area contributed by atoms with Crippen molar-refractivity contribution in [2.45, 2.75) is 25.7 Å². The minimum Gasteiger partial charge on any atom is -0.303 e. The van der Waals surface area contributed by atoms with Crippen LogP contribution < -0.4 is 0 Å². The molecule has 0 N–H and O–H groups in total. The second-order valence-electron chi connectivity index (χ2n) is 4.54. The smallest absolute Gasteiger partial charge is 0.0235 e. The molecule has 1 aliphatic carbocycles. The largest absolute Gasteiger partial charge is 0.303 e. The Morgan fingerprint density at radius 2 is 2.19 bits per heavy atom. The van der Waals surface area contributed by atoms with E-state index in [2.05, 4.69) is 36.1 Å². The minimum absolute atomic E-state index is 0.756. The molecule has 1 aliphatic rings. The zero-order valence-corrected chi connectivity index (χ0v) is 10.7. The van der Waals surface area contributed by atoms with Crippen molar-refractivity contribution >= 4 is 11.6 Å². The van der Waals surface area contributed by atoms with Crippen LogP contribution in [0.25, 0.3) is 0 Å². The number of fused-ring (bicyclic) bond motifs is 1. The minimum atomic E-state index is 0.756. The molecule has 2 heteroatoms. The maximum absolute atomic E-state index is 5.74. The summed E-state index contributed by atoms with van der Waals surface area (Å²) in [7, 11) is 0. The van der Waals surface area contributed by atoms with Crippen LogP contribution in [0.5, 0.6) is 0 Å². The highest BCUT2D eigenvalue weighted by atomic mass is 35.5. The van der Waals surface area contributed by atoms with Crippen molar-refractivity contribution < 1.29 is 0 Å². The summed E-state index contributed by atoms with van der Waals surface area (Å²) >= 11 is 5.74. The lowest BCUT2D eigenvalue weighted by Crippen LogP contribution is -2.34. The Balaban J connectivity index is 1.87. The molecule has 1 aromatic carbocycles. The summed E-state index contributed by atoms with van der Waals surface area (Å²) in [6, 6.07) is 8.82. The van der Waals surface area contributed by atoms with Crippen LogP contribution in [0.15, 0.2) is 24.3 Å². The fraction of sp³-hybridized carbons (Fsp3) is 0.571. The Bertz CT molecular complexity index is 337. The van der Waals surface area contributed by atoms with Crippen LogP contribution in [0.4, 0.5) is 0 Å². The van der Waals surface area contributed by atoms with E-state index in [0.717, 1.165) is 31.3 Å². The standard InChI is InChI=1S/C14H20ClN/c1-2-16(9-5-8-15)11-13-10-12-6-3-4-7-14(12)13/h3-4,6-7,13H,2,5,8-11H2,1H3. The SMILES string of the molecule is CCN(CCCCl)CC1Cc2ccccc21. The normalized spacial score (nSPS) is 18.3. The van der Waals surface area contributed by atoms with Gasteiger partial charge in [0.25, 0.3) is 0 Å². The van der Waals surface area contributed by atoms with E-state index in [9.17, 15) is 0 Å². The van der Waals surface area contributed by atoms with Crippen molar-refractivity contribution in [3.05, 3.63) is 35.4 Å². The number of likely N-dealkylation sites (N-methyl/N-ethyl adjacent to an activating group) is 1. The Labute approximate surface area is 103 Å². The van der Waals surface area contributed by atoms with Crippen molar-refractivity contribution in [1.82, 2.24) is 4.90 Å². The first-order chi connectivity index (χ1) is 7.85. The zero-order chi connectivity index (χ0) is 11.4. The van der Waals surface area contributed by atoms with E-state index in [0.29, 0.717) is 0 Å². The molecule has 0 bridgehead atoms. The first kappa shape index (κ1) is 11.9. The lowest BCUT2D eigenvalue weighted by molar-refractivity contribution is 0.261. The summed E-state index contributed by atoms with van der Waals surface area (Å²) in [6.45, 7) is 5.71. The topological polar surface area (TPSA) is 3.24 Å². The van der Waals surface area contributed by atoms with E-state index in [1.165, 1.54) is 13.0 Å². The molecule has 0 aromatic heterocycles. The molecule has 0 amide bonds. The zero-order valence-electron chi connectivity index (χ0n) is 9.95. The molecule has 0 aliphatic heterocycles. The van der Waals surface area contributed by atoms with Crippen LogP contribution in [0.2, 0.25) is 0 Å². The van der Waals surface area contributed by atoms with Gasteiger partial charge in [0.15, 0.2) is 0 Å². The van der Waals surface area contributed by atoms with Gasteiger partial charge < -0.3 is 4.90 Å². The highest BCUT2D eigenvalue weighted by Gasteiger charge is 2.26. The van der Waals surface area contributed by atoms with Gasteiger partial charge in [-0.15, -0.1) is 11.6 Å². The maximum atomic E-state index is 5.74. The number of hydrogen-bond donors (Lipinski definition) is 0. The average Bonchev–Trinajstić information content (AvgIpc) is 2.30. The molecular weight excluding hydrogens is 218 g/mol. The van der Waals surface area contributed by atoms with E-state index in [1.54, 1.807) is 11.1 Å². The number of halogens is 1. The molecule has 16 heavy (non-hydrogen) atoms. The van der Waals surface area contributed by atoms with Gasteiger partial charge in [-0.05, 0) is 37.1 Å². The number of hydrogen-bond acceptors (Lipinski definition) is 1. The fourth-order valence-electron chi connectivity index (χ4n) is 2.50. The molecule has 0 saturated heterocycles. The van der Waals surface area contributed by atoms with Crippen LogP contribution >= 0.6 is 11.6 Å². The van der Waals surface area contributed by atoms with Crippen molar-refractivity contribution in [3.63, 3.8) is 0 Å².